The summed E-state index contributed by atoms with van der Waals surface area (Å²) in [4.78, 5) is 16.2. The van der Waals surface area contributed by atoms with Crippen molar-refractivity contribution in [3.63, 3.8) is 0 Å². The van der Waals surface area contributed by atoms with Crippen LogP contribution in [0.1, 0.15) is 9.67 Å². The highest BCUT2D eigenvalue weighted by Gasteiger charge is 2.08. The summed E-state index contributed by atoms with van der Waals surface area (Å²) < 4.78 is 0. The van der Waals surface area contributed by atoms with Crippen LogP contribution in [0.2, 0.25) is 0 Å². The molecule has 2 aromatic heterocycles. The summed E-state index contributed by atoms with van der Waals surface area (Å²) in [7, 11) is 0. The fraction of sp³-hybridized carbons (Fsp3) is 0.125. The molecular formula is C8H7N3OS2. The third-order valence-electron chi connectivity index (χ3n) is 1.53. The molecule has 0 aliphatic carbocycles. The van der Waals surface area contributed by atoms with Crippen molar-refractivity contribution in [1.29, 1.82) is 0 Å². The summed E-state index contributed by atoms with van der Waals surface area (Å²) in [6, 6.07) is 3.70. The molecule has 0 bridgehead atoms. The fourth-order valence-corrected chi connectivity index (χ4v) is 2.32. The molecule has 1 N–H and O–H groups in total. The zero-order valence-electron chi connectivity index (χ0n) is 7.14. The second-order valence-electron chi connectivity index (χ2n) is 2.48. The molecule has 0 atom stereocenters. The topological polar surface area (TPSA) is 58.6 Å². The molecule has 2 heterocycles. The molecule has 0 unspecified atom stereocenters. The Balaban J connectivity index is 1.90. The van der Waals surface area contributed by atoms with E-state index >= 15 is 0 Å². The zero-order chi connectivity index (χ0) is 9.80. The molecule has 14 heavy (non-hydrogen) atoms. The molecule has 0 radical (unpaired) electrons. The quantitative estimate of drug-likeness (QED) is 0.637. The van der Waals surface area contributed by atoms with Crippen molar-refractivity contribution in [3.05, 3.63) is 28.7 Å². The van der Waals surface area contributed by atoms with Crippen LogP contribution in [-0.2, 0) is 0 Å². The van der Waals surface area contributed by atoms with Gasteiger partial charge in [-0.15, -0.1) is 11.3 Å². The van der Waals surface area contributed by atoms with Gasteiger partial charge in [0.05, 0.1) is 10.6 Å². The Hall–Kier alpha value is -1.14. The van der Waals surface area contributed by atoms with E-state index in [1.54, 1.807) is 0 Å². The van der Waals surface area contributed by atoms with Crippen LogP contribution in [0.4, 0.5) is 0 Å². The van der Waals surface area contributed by atoms with Crippen LogP contribution >= 0.6 is 23.1 Å². The molecular weight excluding hydrogens is 218 g/mol. The Morgan fingerprint density at radius 2 is 2.57 bits per heavy atom. The van der Waals surface area contributed by atoms with Gasteiger partial charge in [-0.1, -0.05) is 17.8 Å². The Morgan fingerprint density at radius 1 is 1.64 bits per heavy atom. The molecule has 6 heteroatoms. The van der Waals surface area contributed by atoms with Crippen molar-refractivity contribution in [2.24, 2.45) is 0 Å². The Morgan fingerprint density at radius 3 is 3.21 bits per heavy atom. The van der Waals surface area contributed by atoms with Crippen LogP contribution in [-0.4, -0.2) is 26.7 Å². The number of aromatic amines is 1. The molecule has 0 fully saturated rings. The summed E-state index contributed by atoms with van der Waals surface area (Å²) >= 11 is 2.82. The van der Waals surface area contributed by atoms with Crippen molar-refractivity contribution in [1.82, 2.24) is 15.2 Å². The minimum Gasteiger partial charge on any atom is -0.292 e. The van der Waals surface area contributed by atoms with Crippen molar-refractivity contribution >= 4 is 28.9 Å². The zero-order valence-corrected chi connectivity index (χ0v) is 8.77. The first-order valence-electron chi connectivity index (χ1n) is 3.91. The molecule has 2 aromatic rings. The van der Waals surface area contributed by atoms with Gasteiger partial charge in [0.2, 0.25) is 0 Å². The number of Topliss-reactive ketones (excluding diaryl/α,β-unsaturated/α-hetero) is 1. The number of thioether (sulfide) groups is 1. The van der Waals surface area contributed by atoms with Gasteiger partial charge in [-0.25, -0.2) is 4.98 Å². The first kappa shape index (κ1) is 9.42. The second kappa shape index (κ2) is 4.39. The Labute approximate surface area is 88.8 Å². The van der Waals surface area contributed by atoms with Crippen molar-refractivity contribution in [2.75, 3.05) is 5.75 Å². The first-order chi connectivity index (χ1) is 6.86. The second-order valence-corrected chi connectivity index (χ2v) is 4.39. The minimum absolute atomic E-state index is 0.126. The predicted octanol–water partition coefficient (Wildman–Crippen LogP) is 1.84. The monoisotopic (exact) mass is 225 g/mol. The fourth-order valence-electron chi connectivity index (χ4n) is 0.906. The van der Waals surface area contributed by atoms with E-state index in [0.717, 1.165) is 4.88 Å². The summed E-state index contributed by atoms with van der Waals surface area (Å²) in [5, 5.41) is 8.96. The number of hydrogen-bond acceptors (Lipinski definition) is 5. The molecule has 0 aromatic carbocycles. The van der Waals surface area contributed by atoms with E-state index in [-0.39, 0.29) is 5.78 Å². The minimum atomic E-state index is 0.126. The van der Waals surface area contributed by atoms with E-state index in [1.165, 1.54) is 29.4 Å². The Bertz CT molecular complexity index is 396. The summed E-state index contributed by atoms with van der Waals surface area (Å²) in [6.45, 7) is 0. The number of carbonyl (C=O) groups excluding carboxylic acids is 1. The number of aromatic nitrogens is 3. The lowest BCUT2D eigenvalue weighted by Crippen LogP contribution is -1.99. The third-order valence-corrected chi connectivity index (χ3v) is 3.32. The van der Waals surface area contributed by atoms with E-state index in [2.05, 4.69) is 15.2 Å². The van der Waals surface area contributed by atoms with Gasteiger partial charge in [0.15, 0.2) is 10.9 Å². The SMILES string of the molecule is O=C(CSc1ncn[nH]1)c1cccs1. The molecule has 2 rings (SSSR count). The largest absolute Gasteiger partial charge is 0.292 e. The van der Waals surface area contributed by atoms with E-state index in [4.69, 9.17) is 0 Å². The summed E-state index contributed by atoms with van der Waals surface area (Å²) in [5.41, 5.74) is 0. The molecule has 0 saturated heterocycles. The number of ketones is 1. The third kappa shape index (κ3) is 2.21. The van der Waals surface area contributed by atoms with Crippen LogP contribution in [0.3, 0.4) is 0 Å². The molecule has 0 amide bonds. The maximum atomic E-state index is 11.5. The molecule has 0 aliphatic heterocycles. The smallest absolute Gasteiger partial charge is 0.183 e. The lowest BCUT2D eigenvalue weighted by Gasteiger charge is -1.94. The first-order valence-corrected chi connectivity index (χ1v) is 5.77. The summed E-state index contributed by atoms with van der Waals surface area (Å²) in [5.74, 6) is 0.525. The number of H-pyrrole nitrogens is 1. The average Bonchev–Trinajstić information content (AvgIpc) is 2.87. The normalized spacial score (nSPS) is 10.3. The maximum Gasteiger partial charge on any atom is 0.183 e. The Kier molecular flexibility index (Phi) is 2.95. The molecule has 0 spiro atoms. The highest BCUT2D eigenvalue weighted by atomic mass is 32.2. The van der Waals surface area contributed by atoms with Crippen molar-refractivity contribution in [3.8, 4) is 0 Å². The van der Waals surface area contributed by atoms with E-state index in [1.807, 2.05) is 17.5 Å². The van der Waals surface area contributed by atoms with Gasteiger partial charge in [-0.2, -0.15) is 5.10 Å². The van der Waals surface area contributed by atoms with Gasteiger partial charge in [0.1, 0.15) is 6.33 Å². The summed E-state index contributed by atoms with van der Waals surface area (Å²) in [6.07, 6.45) is 1.43. The van der Waals surface area contributed by atoms with E-state index < -0.39 is 0 Å². The van der Waals surface area contributed by atoms with Gasteiger partial charge in [-0.3, -0.25) is 9.89 Å². The van der Waals surface area contributed by atoms with Crippen molar-refractivity contribution in [2.45, 2.75) is 5.16 Å². The molecule has 4 nitrogen and oxygen atoms in total. The molecule has 0 saturated carbocycles. The van der Waals surface area contributed by atoms with Gasteiger partial charge >= 0.3 is 0 Å². The number of carbonyl (C=O) groups is 1. The number of nitrogens with zero attached hydrogens (tertiary/aromatic N) is 2. The average molecular weight is 225 g/mol. The van der Waals surface area contributed by atoms with Crippen LogP contribution in [0.25, 0.3) is 0 Å². The van der Waals surface area contributed by atoms with Gasteiger partial charge in [-0.05, 0) is 11.4 Å². The lowest BCUT2D eigenvalue weighted by molar-refractivity contribution is 0.102. The van der Waals surface area contributed by atoms with Crippen LogP contribution < -0.4 is 0 Å². The molecule has 0 aliphatic rings. The number of rotatable bonds is 4. The number of thiophene rings is 1. The van der Waals surface area contributed by atoms with E-state index in [9.17, 15) is 4.79 Å². The van der Waals surface area contributed by atoms with Crippen molar-refractivity contribution < 1.29 is 4.79 Å². The maximum absolute atomic E-state index is 11.5. The van der Waals surface area contributed by atoms with Gasteiger partial charge < -0.3 is 0 Å². The highest BCUT2D eigenvalue weighted by Crippen LogP contribution is 2.16. The van der Waals surface area contributed by atoms with E-state index in [0.29, 0.717) is 10.9 Å². The lowest BCUT2D eigenvalue weighted by atomic mass is 10.4. The highest BCUT2D eigenvalue weighted by molar-refractivity contribution is 7.99. The molecule has 72 valence electrons. The van der Waals surface area contributed by atoms with Crippen LogP contribution in [0.15, 0.2) is 29.0 Å². The van der Waals surface area contributed by atoms with Gasteiger partial charge in [0.25, 0.3) is 0 Å². The van der Waals surface area contributed by atoms with Crippen LogP contribution in [0, 0.1) is 0 Å². The predicted molar refractivity (Wildman–Crippen MR) is 55.8 cm³/mol. The van der Waals surface area contributed by atoms with Crippen LogP contribution in [0.5, 0.6) is 0 Å². The van der Waals surface area contributed by atoms with Gasteiger partial charge in [0, 0.05) is 0 Å². The number of hydrogen-bond donors (Lipinski definition) is 1. The standard InChI is InChI=1S/C8H7N3OS2/c12-6(7-2-1-3-13-7)4-14-8-9-5-10-11-8/h1-3,5H,4H2,(H,9,10,11). The number of nitrogens with one attached hydrogen (secondary N) is 1.